The van der Waals surface area contributed by atoms with E-state index in [0.717, 1.165) is 6.08 Å². The van der Waals surface area contributed by atoms with Crippen LogP contribution < -0.4 is 9.79 Å². The summed E-state index contributed by atoms with van der Waals surface area (Å²) >= 11 is 0. The predicted octanol–water partition coefficient (Wildman–Crippen LogP) is 0.495. The lowest BCUT2D eigenvalue weighted by atomic mass is 10.2. The first-order chi connectivity index (χ1) is 10.2. The SMILES string of the molecule is CCOC(=O)/C(C#N)=C/c1c([O-])on[n+]1-c1ccccc1. The van der Waals surface area contributed by atoms with E-state index >= 15 is 0 Å². The average molecular weight is 285 g/mol. The van der Waals surface area contributed by atoms with Crippen LogP contribution in [0.3, 0.4) is 0 Å². The van der Waals surface area contributed by atoms with Crippen LogP contribution in [-0.4, -0.2) is 17.8 Å². The Morgan fingerprint density at radius 2 is 2.24 bits per heavy atom. The largest absolute Gasteiger partial charge is 0.539 e. The van der Waals surface area contributed by atoms with Gasteiger partial charge in [0.2, 0.25) is 5.69 Å². The van der Waals surface area contributed by atoms with Crippen molar-refractivity contribution in [3.63, 3.8) is 0 Å². The van der Waals surface area contributed by atoms with E-state index in [1.807, 2.05) is 0 Å². The highest BCUT2D eigenvalue weighted by Crippen LogP contribution is 2.14. The van der Waals surface area contributed by atoms with Gasteiger partial charge in [0.15, 0.2) is 5.95 Å². The van der Waals surface area contributed by atoms with Gasteiger partial charge in [-0.1, -0.05) is 18.2 Å². The number of hydrogen-bond donors (Lipinski definition) is 0. The number of aromatic nitrogens is 2. The monoisotopic (exact) mass is 285 g/mol. The summed E-state index contributed by atoms with van der Waals surface area (Å²) in [7, 11) is 0. The Balaban J connectivity index is 2.48. The predicted molar refractivity (Wildman–Crippen MR) is 67.7 cm³/mol. The van der Waals surface area contributed by atoms with Crippen LogP contribution >= 0.6 is 0 Å². The number of para-hydroxylation sites is 1. The summed E-state index contributed by atoms with van der Waals surface area (Å²) < 4.78 is 10.5. The molecule has 0 unspecified atom stereocenters. The van der Waals surface area contributed by atoms with E-state index in [-0.39, 0.29) is 17.9 Å². The third kappa shape index (κ3) is 3.06. The molecule has 106 valence electrons. The molecular formula is C14H11N3O4. The fourth-order valence-corrected chi connectivity index (χ4v) is 1.61. The number of ether oxygens (including phenoxy) is 1. The van der Waals surface area contributed by atoms with Crippen LogP contribution in [0.25, 0.3) is 11.8 Å². The third-order valence-electron chi connectivity index (χ3n) is 2.54. The molecule has 0 aliphatic heterocycles. The van der Waals surface area contributed by atoms with Gasteiger partial charge in [-0.3, -0.25) is 0 Å². The molecule has 0 fully saturated rings. The first-order valence-corrected chi connectivity index (χ1v) is 6.10. The second-order valence-electron chi connectivity index (χ2n) is 3.88. The molecule has 0 amide bonds. The molecule has 0 atom stereocenters. The molecule has 1 aromatic carbocycles. The number of hydrogen-bond acceptors (Lipinski definition) is 6. The summed E-state index contributed by atoms with van der Waals surface area (Å²) in [5, 5.41) is 24.3. The standard InChI is InChI=1S/C14H11N3O4/c1-2-20-13(18)10(9-15)8-12-14(19)21-16-17(12)11-6-4-3-5-7-11/h3-8H,2H2,1H3. The van der Waals surface area contributed by atoms with Gasteiger partial charge in [0, 0.05) is 18.2 Å². The molecule has 0 aliphatic rings. The molecule has 7 heteroatoms. The Labute approximate surface area is 120 Å². The Kier molecular flexibility index (Phi) is 4.31. The molecule has 0 bridgehead atoms. The summed E-state index contributed by atoms with van der Waals surface area (Å²) in [6.45, 7) is 1.75. The van der Waals surface area contributed by atoms with Gasteiger partial charge in [0.1, 0.15) is 11.6 Å². The Morgan fingerprint density at radius 3 is 2.86 bits per heavy atom. The lowest BCUT2D eigenvalue weighted by Gasteiger charge is -1.98. The smallest absolute Gasteiger partial charge is 0.349 e. The number of nitriles is 1. The Hall–Kier alpha value is -3.14. The van der Waals surface area contributed by atoms with Crippen molar-refractivity contribution >= 4 is 12.0 Å². The summed E-state index contributed by atoms with van der Waals surface area (Å²) in [6.07, 6.45) is 1.10. The molecule has 1 aromatic heterocycles. The van der Waals surface area contributed by atoms with Gasteiger partial charge >= 0.3 is 5.97 Å². The first-order valence-electron chi connectivity index (χ1n) is 6.10. The molecule has 0 N–H and O–H groups in total. The van der Waals surface area contributed by atoms with E-state index in [0.29, 0.717) is 5.69 Å². The van der Waals surface area contributed by atoms with Gasteiger partial charge in [0.05, 0.1) is 11.9 Å². The Morgan fingerprint density at radius 1 is 1.52 bits per heavy atom. The Bertz CT molecular complexity index is 714. The first kappa shape index (κ1) is 14.3. The molecule has 0 saturated heterocycles. The molecular weight excluding hydrogens is 274 g/mol. The molecule has 2 rings (SSSR count). The van der Waals surface area contributed by atoms with Crippen LogP contribution in [0.5, 0.6) is 5.95 Å². The fourth-order valence-electron chi connectivity index (χ4n) is 1.61. The summed E-state index contributed by atoms with van der Waals surface area (Å²) in [6, 6.07) is 10.4. The number of carbonyl (C=O) groups is 1. The maximum atomic E-state index is 11.7. The lowest BCUT2D eigenvalue weighted by molar-refractivity contribution is -0.672. The second kappa shape index (κ2) is 6.34. The van der Waals surface area contributed by atoms with E-state index in [2.05, 4.69) is 9.79 Å². The zero-order valence-corrected chi connectivity index (χ0v) is 11.1. The van der Waals surface area contributed by atoms with Gasteiger partial charge < -0.3 is 14.4 Å². The van der Waals surface area contributed by atoms with Crippen molar-refractivity contribution in [2.24, 2.45) is 0 Å². The number of benzene rings is 1. The number of nitrogens with zero attached hydrogens (tertiary/aromatic N) is 3. The molecule has 0 saturated carbocycles. The number of rotatable bonds is 4. The highest BCUT2D eigenvalue weighted by atomic mass is 16.6. The van der Waals surface area contributed by atoms with E-state index in [1.165, 1.54) is 4.68 Å². The van der Waals surface area contributed by atoms with Crippen molar-refractivity contribution in [3.05, 3.63) is 41.6 Å². The van der Waals surface area contributed by atoms with Crippen LogP contribution in [0.4, 0.5) is 0 Å². The summed E-state index contributed by atoms with van der Waals surface area (Å²) in [4.78, 5) is 11.6. The maximum Gasteiger partial charge on any atom is 0.349 e. The van der Waals surface area contributed by atoms with E-state index < -0.39 is 11.9 Å². The van der Waals surface area contributed by atoms with Crippen LogP contribution in [0.15, 0.2) is 40.4 Å². The number of carbonyl (C=O) groups excluding carboxylic acids is 1. The minimum absolute atomic E-state index is 0.0363. The van der Waals surface area contributed by atoms with Crippen molar-refractivity contribution in [1.82, 2.24) is 5.27 Å². The average Bonchev–Trinajstić information content (AvgIpc) is 2.86. The van der Waals surface area contributed by atoms with E-state index in [4.69, 9.17) is 10.00 Å². The van der Waals surface area contributed by atoms with Gasteiger partial charge in [-0.15, -0.1) is 0 Å². The molecule has 2 aromatic rings. The summed E-state index contributed by atoms with van der Waals surface area (Å²) in [5.74, 6) is -1.56. The van der Waals surface area contributed by atoms with Crippen LogP contribution in [0.2, 0.25) is 0 Å². The normalized spacial score (nSPS) is 11.0. The molecule has 0 radical (unpaired) electrons. The van der Waals surface area contributed by atoms with Gasteiger partial charge in [-0.05, 0) is 11.6 Å². The van der Waals surface area contributed by atoms with Crippen molar-refractivity contribution in [1.29, 1.82) is 5.26 Å². The fraction of sp³-hybridized carbons (Fsp3) is 0.143. The van der Waals surface area contributed by atoms with Crippen molar-refractivity contribution in [2.75, 3.05) is 6.61 Å². The highest BCUT2D eigenvalue weighted by Gasteiger charge is 2.21. The van der Waals surface area contributed by atoms with Crippen molar-refractivity contribution in [3.8, 4) is 17.7 Å². The second-order valence-corrected chi connectivity index (χ2v) is 3.88. The van der Waals surface area contributed by atoms with Gasteiger partial charge in [-0.25, -0.2) is 4.79 Å². The quantitative estimate of drug-likeness (QED) is 0.350. The molecule has 0 aliphatic carbocycles. The topological polar surface area (TPSA) is 103 Å². The minimum atomic E-state index is -0.805. The molecule has 21 heavy (non-hydrogen) atoms. The van der Waals surface area contributed by atoms with Gasteiger partial charge in [-0.2, -0.15) is 5.26 Å². The summed E-state index contributed by atoms with van der Waals surface area (Å²) in [5.41, 5.74) is 0.225. The maximum absolute atomic E-state index is 11.7. The van der Waals surface area contributed by atoms with Crippen LogP contribution in [-0.2, 0) is 9.53 Å². The van der Waals surface area contributed by atoms with Crippen LogP contribution in [0.1, 0.15) is 12.6 Å². The highest BCUT2D eigenvalue weighted by molar-refractivity contribution is 5.97. The number of esters is 1. The van der Waals surface area contributed by atoms with Gasteiger partial charge in [0.25, 0.3) is 5.69 Å². The molecule has 0 spiro atoms. The zero-order valence-electron chi connectivity index (χ0n) is 11.1. The lowest BCUT2D eigenvalue weighted by Crippen LogP contribution is -2.35. The third-order valence-corrected chi connectivity index (χ3v) is 2.54. The minimum Gasteiger partial charge on any atom is -0.539 e. The molecule has 7 nitrogen and oxygen atoms in total. The van der Waals surface area contributed by atoms with E-state index in [1.54, 1.807) is 43.3 Å². The van der Waals surface area contributed by atoms with Crippen molar-refractivity contribution < 1.29 is 23.8 Å². The van der Waals surface area contributed by atoms with Crippen molar-refractivity contribution in [2.45, 2.75) is 6.92 Å². The zero-order chi connectivity index (χ0) is 15.2. The van der Waals surface area contributed by atoms with E-state index in [9.17, 15) is 9.90 Å². The molecule has 1 heterocycles. The van der Waals surface area contributed by atoms with Crippen LogP contribution in [0, 0.1) is 11.3 Å².